The number of sulfonamides is 1. The number of carbonyl (C=O) groups is 1. The van der Waals surface area contributed by atoms with E-state index in [1.54, 1.807) is 17.3 Å². The average Bonchev–Trinajstić information content (AvgIpc) is 2.46. The minimum Gasteiger partial charge on any atom is -0.482 e. The van der Waals surface area contributed by atoms with Crippen molar-refractivity contribution in [2.75, 3.05) is 25.0 Å². The zero-order valence-corrected chi connectivity index (χ0v) is 13.6. The van der Waals surface area contributed by atoms with Gasteiger partial charge in [-0.15, -0.1) is 0 Å². The first-order chi connectivity index (χ1) is 10.4. The highest BCUT2D eigenvalue weighted by Gasteiger charge is 2.31. The van der Waals surface area contributed by atoms with E-state index in [4.69, 9.17) is 4.74 Å². The molecule has 7 heteroatoms. The van der Waals surface area contributed by atoms with Crippen LogP contribution in [0.5, 0.6) is 5.75 Å². The summed E-state index contributed by atoms with van der Waals surface area (Å²) in [4.78, 5) is 11.6. The summed E-state index contributed by atoms with van der Waals surface area (Å²) in [5.74, 6) is 0.554. The minimum absolute atomic E-state index is 0.0870. The molecule has 0 aromatic heterocycles. The van der Waals surface area contributed by atoms with E-state index in [1.807, 2.05) is 0 Å². The van der Waals surface area contributed by atoms with Crippen LogP contribution in [-0.4, -0.2) is 38.3 Å². The Labute approximate surface area is 130 Å². The molecule has 120 valence electrons. The molecule has 2 aliphatic rings. The maximum absolute atomic E-state index is 12.9. The van der Waals surface area contributed by atoms with Crippen LogP contribution in [0.3, 0.4) is 0 Å². The number of nitrogens with zero attached hydrogens (tertiary/aromatic N) is 1. The lowest BCUT2D eigenvalue weighted by atomic mass is 10.0. The molecule has 1 amide bonds. The molecule has 22 heavy (non-hydrogen) atoms. The molecular weight excluding hydrogens is 304 g/mol. The van der Waals surface area contributed by atoms with Crippen molar-refractivity contribution in [1.82, 2.24) is 4.31 Å². The van der Waals surface area contributed by atoms with Crippen LogP contribution in [-0.2, 0) is 14.8 Å². The van der Waals surface area contributed by atoms with Crippen molar-refractivity contribution in [1.29, 1.82) is 0 Å². The Hall–Kier alpha value is -1.60. The van der Waals surface area contributed by atoms with Crippen molar-refractivity contribution in [2.24, 2.45) is 5.92 Å². The lowest BCUT2D eigenvalue weighted by Crippen LogP contribution is -2.39. The van der Waals surface area contributed by atoms with Crippen LogP contribution in [0.25, 0.3) is 0 Å². The molecule has 0 spiro atoms. The van der Waals surface area contributed by atoms with E-state index in [-0.39, 0.29) is 17.4 Å². The van der Waals surface area contributed by atoms with Gasteiger partial charge in [0.05, 0.1) is 10.6 Å². The Morgan fingerprint density at radius 1 is 1.36 bits per heavy atom. The first-order valence-electron chi connectivity index (χ1n) is 7.45. The Bertz CT molecular complexity index is 714. The third kappa shape index (κ3) is 2.70. The maximum atomic E-state index is 12.9. The van der Waals surface area contributed by atoms with Crippen molar-refractivity contribution in [3.8, 4) is 5.75 Å². The maximum Gasteiger partial charge on any atom is 0.262 e. The van der Waals surface area contributed by atoms with Crippen LogP contribution >= 0.6 is 0 Å². The van der Waals surface area contributed by atoms with E-state index in [0.29, 0.717) is 36.0 Å². The topological polar surface area (TPSA) is 75.7 Å². The summed E-state index contributed by atoms with van der Waals surface area (Å²) in [6, 6.07) is 3.19. The molecule has 1 fully saturated rings. The first kappa shape index (κ1) is 15.3. The molecule has 1 saturated heterocycles. The highest BCUT2D eigenvalue weighted by atomic mass is 32.2. The van der Waals surface area contributed by atoms with Crippen LogP contribution < -0.4 is 10.1 Å². The number of aryl methyl sites for hydroxylation is 1. The lowest BCUT2D eigenvalue weighted by Gasteiger charge is -2.31. The van der Waals surface area contributed by atoms with E-state index in [9.17, 15) is 13.2 Å². The molecule has 3 rings (SSSR count). The van der Waals surface area contributed by atoms with Gasteiger partial charge in [0.25, 0.3) is 5.91 Å². The molecule has 1 unspecified atom stereocenters. The number of ether oxygens (including phenoxy) is 1. The van der Waals surface area contributed by atoms with Crippen molar-refractivity contribution in [2.45, 2.75) is 31.6 Å². The molecule has 0 radical (unpaired) electrons. The molecule has 0 aliphatic carbocycles. The summed E-state index contributed by atoms with van der Waals surface area (Å²) in [5.41, 5.74) is 1.14. The van der Waals surface area contributed by atoms with Gasteiger partial charge in [-0.25, -0.2) is 8.42 Å². The van der Waals surface area contributed by atoms with E-state index in [0.717, 1.165) is 12.8 Å². The van der Waals surface area contributed by atoms with Gasteiger partial charge in [-0.3, -0.25) is 4.79 Å². The number of rotatable bonds is 2. The van der Waals surface area contributed by atoms with E-state index < -0.39 is 10.0 Å². The molecule has 0 saturated carbocycles. The molecule has 2 heterocycles. The number of piperidine rings is 1. The summed E-state index contributed by atoms with van der Waals surface area (Å²) in [6.07, 6.45) is 1.95. The van der Waals surface area contributed by atoms with Crippen LogP contribution in [0, 0.1) is 12.8 Å². The second-order valence-electron chi connectivity index (χ2n) is 6.06. The number of anilines is 1. The van der Waals surface area contributed by atoms with Gasteiger partial charge >= 0.3 is 0 Å². The third-order valence-electron chi connectivity index (χ3n) is 4.15. The van der Waals surface area contributed by atoms with Gasteiger partial charge < -0.3 is 10.1 Å². The first-order valence-corrected chi connectivity index (χ1v) is 8.89. The predicted octanol–water partition coefficient (Wildman–Crippen LogP) is 1.75. The fourth-order valence-corrected chi connectivity index (χ4v) is 4.82. The van der Waals surface area contributed by atoms with Crippen molar-refractivity contribution >= 4 is 21.6 Å². The van der Waals surface area contributed by atoms with E-state index >= 15 is 0 Å². The Morgan fingerprint density at radius 2 is 2.14 bits per heavy atom. The summed E-state index contributed by atoms with van der Waals surface area (Å²) in [6.45, 7) is 4.83. The number of hydrogen-bond donors (Lipinski definition) is 1. The SMILES string of the molecule is Cc1cc2c(cc1S(=O)(=O)N1CCCC(C)C1)OCC(=O)N2. The number of amides is 1. The molecule has 1 atom stereocenters. The fraction of sp³-hybridized carbons (Fsp3) is 0.533. The van der Waals surface area contributed by atoms with Gasteiger partial charge in [0.15, 0.2) is 6.61 Å². The van der Waals surface area contributed by atoms with E-state index in [2.05, 4.69) is 12.2 Å². The van der Waals surface area contributed by atoms with Crippen LogP contribution in [0.4, 0.5) is 5.69 Å². The highest BCUT2D eigenvalue weighted by Crippen LogP contribution is 2.34. The van der Waals surface area contributed by atoms with Gasteiger partial charge in [0.2, 0.25) is 10.0 Å². The number of fused-ring (bicyclic) bond motifs is 1. The van der Waals surface area contributed by atoms with Crippen molar-refractivity contribution in [3.63, 3.8) is 0 Å². The van der Waals surface area contributed by atoms with Crippen molar-refractivity contribution < 1.29 is 17.9 Å². The Morgan fingerprint density at radius 3 is 2.86 bits per heavy atom. The summed E-state index contributed by atoms with van der Waals surface area (Å²) < 4.78 is 32.7. The molecule has 1 aromatic rings. The summed E-state index contributed by atoms with van der Waals surface area (Å²) in [7, 11) is -3.53. The second-order valence-corrected chi connectivity index (χ2v) is 7.97. The normalized spacial score (nSPS) is 22.6. The number of carbonyl (C=O) groups excluding carboxylic acids is 1. The molecular formula is C15H20N2O4S. The zero-order chi connectivity index (χ0) is 15.9. The second kappa shape index (κ2) is 5.55. The fourth-order valence-electron chi connectivity index (χ4n) is 3.00. The standard InChI is InChI=1S/C15H20N2O4S/c1-10-4-3-5-17(8-10)22(19,20)14-7-13-12(6-11(14)2)16-15(18)9-21-13/h6-7,10H,3-5,8-9H2,1-2H3,(H,16,18). The largest absolute Gasteiger partial charge is 0.482 e. The minimum atomic E-state index is -3.53. The molecule has 0 bridgehead atoms. The quantitative estimate of drug-likeness (QED) is 0.899. The molecule has 1 aromatic carbocycles. The summed E-state index contributed by atoms with van der Waals surface area (Å²) >= 11 is 0. The van der Waals surface area contributed by atoms with Gasteiger partial charge in [-0.1, -0.05) is 6.92 Å². The Kier molecular flexibility index (Phi) is 3.86. The number of benzene rings is 1. The van der Waals surface area contributed by atoms with Gasteiger partial charge in [-0.05, 0) is 37.3 Å². The number of hydrogen-bond acceptors (Lipinski definition) is 4. The van der Waals surface area contributed by atoms with Crippen molar-refractivity contribution in [3.05, 3.63) is 17.7 Å². The molecule has 2 aliphatic heterocycles. The van der Waals surface area contributed by atoms with Gasteiger partial charge in [0, 0.05) is 19.2 Å². The van der Waals surface area contributed by atoms with E-state index in [1.165, 1.54) is 6.07 Å². The highest BCUT2D eigenvalue weighted by molar-refractivity contribution is 7.89. The summed E-state index contributed by atoms with van der Waals surface area (Å²) in [5, 5.41) is 2.69. The van der Waals surface area contributed by atoms with Crippen LogP contribution in [0.2, 0.25) is 0 Å². The van der Waals surface area contributed by atoms with Crippen LogP contribution in [0.1, 0.15) is 25.3 Å². The number of nitrogens with one attached hydrogen (secondary N) is 1. The lowest BCUT2D eigenvalue weighted by molar-refractivity contribution is -0.118. The Balaban J connectivity index is 1.98. The van der Waals surface area contributed by atoms with Gasteiger partial charge in [0.1, 0.15) is 5.75 Å². The molecule has 1 N–H and O–H groups in total. The molecule has 6 nitrogen and oxygen atoms in total. The average molecular weight is 324 g/mol. The van der Waals surface area contributed by atoms with Crippen LogP contribution in [0.15, 0.2) is 17.0 Å². The monoisotopic (exact) mass is 324 g/mol. The smallest absolute Gasteiger partial charge is 0.262 e. The van der Waals surface area contributed by atoms with Gasteiger partial charge in [-0.2, -0.15) is 4.31 Å². The zero-order valence-electron chi connectivity index (χ0n) is 12.8. The predicted molar refractivity (Wildman–Crippen MR) is 82.5 cm³/mol. The third-order valence-corrected chi connectivity index (χ3v) is 6.15.